The molecule has 0 saturated carbocycles. The molecule has 0 aliphatic carbocycles. The molecular formula is C9H12ClNO2. The van der Waals surface area contributed by atoms with E-state index in [1.54, 1.807) is 31.2 Å². The van der Waals surface area contributed by atoms with E-state index in [-0.39, 0.29) is 18.4 Å². The van der Waals surface area contributed by atoms with Crippen molar-refractivity contribution in [2.24, 2.45) is 5.73 Å². The van der Waals surface area contributed by atoms with Crippen LogP contribution in [-0.2, 0) is 4.74 Å². The molecule has 1 rings (SSSR count). The van der Waals surface area contributed by atoms with E-state index >= 15 is 0 Å². The van der Waals surface area contributed by atoms with Crippen molar-refractivity contribution in [1.29, 1.82) is 0 Å². The number of hydrogen-bond acceptors (Lipinski definition) is 3. The molecule has 0 heterocycles. The summed E-state index contributed by atoms with van der Waals surface area (Å²) < 4.78 is 4.78. The van der Waals surface area contributed by atoms with E-state index in [4.69, 9.17) is 10.5 Å². The van der Waals surface area contributed by atoms with Crippen molar-refractivity contribution in [2.45, 2.75) is 13.2 Å². The Bertz CT molecular complexity index is 262. The lowest BCUT2D eigenvalue weighted by molar-refractivity contribution is 0.0355. The van der Waals surface area contributed by atoms with Gasteiger partial charge in [-0.25, -0.2) is 4.79 Å². The molecule has 0 aliphatic rings. The van der Waals surface area contributed by atoms with Crippen LogP contribution in [0.25, 0.3) is 0 Å². The van der Waals surface area contributed by atoms with Gasteiger partial charge in [0.2, 0.25) is 0 Å². The van der Waals surface area contributed by atoms with Gasteiger partial charge in [-0.15, -0.1) is 12.4 Å². The third-order valence-corrected chi connectivity index (χ3v) is 1.30. The molecule has 0 radical (unpaired) electrons. The quantitative estimate of drug-likeness (QED) is 0.584. The van der Waals surface area contributed by atoms with Crippen molar-refractivity contribution in [3.8, 4) is 0 Å². The Morgan fingerprint density at radius 3 is 2.38 bits per heavy atom. The Hall–Kier alpha value is -1.06. The highest BCUT2D eigenvalue weighted by Crippen LogP contribution is 2.01. The molecular weight excluding hydrogens is 190 g/mol. The summed E-state index contributed by atoms with van der Waals surface area (Å²) in [6.45, 7) is 1.61. The molecule has 3 nitrogen and oxygen atoms in total. The van der Waals surface area contributed by atoms with Crippen LogP contribution in [0.4, 0.5) is 0 Å². The topological polar surface area (TPSA) is 52.3 Å². The Labute approximate surface area is 83.3 Å². The molecule has 0 spiro atoms. The van der Waals surface area contributed by atoms with Gasteiger partial charge in [-0.05, 0) is 19.1 Å². The highest BCUT2D eigenvalue weighted by Gasteiger charge is 2.06. The number of nitrogens with two attached hydrogens (primary N) is 1. The Kier molecular flexibility index (Phi) is 5.11. The maximum Gasteiger partial charge on any atom is 0.339 e. The summed E-state index contributed by atoms with van der Waals surface area (Å²) in [5.41, 5.74) is 5.81. The minimum Gasteiger partial charge on any atom is -0.444 e. The summed E-state index contributed by atoms with van der Waals surface area (Å²) in [6.07, 6.45) is -0.558. The molecule has 4 heteroatoms. The number of benzene rings is 1. The second-order valence-corrected chi connectivity index (χ2v) is 2.48. The average molecular weight is 202 g/mol. The summed E-state index contributed by atoms with van der Waals surface area (Å²) in [5.74, 6) is -0.384. The minimum absolute atomic E-state index is 0. The van der Waals surface area contributed by atoms with Gasteiger partial charge in [-0.3, -0.25) is 5.73 Å². The minimum atomic E-state index is -0.558. The number of ether oxygens (including phenoxy) is 1. The van der Waals surface area contributed by atoms with Gasteiger partial charge in [-0.1, -0.05) is 18.2 Å². The van der Waals surface area contributed by atoms with Gasteiger partial charge < -0.3 is 4.74 Å². The summed E-state index contributed by atoms with van der Waals surface area (Å²) in [4.78, 5) is 11.2. The zero-order chi connectivity index (χ0) is 8.97. The zero-order valence-corrected chi connectivity index (χ0v) is 8.08. The fourth-order valence-electron chi connectivity index (χ4n) is 0.811. The van der Waals surface area contributed by atoms with E-state index < -0.39 is 6.23 Å². The van der Waals surface area contributed by atoms with Crippen LogP contribution in [0.3, 0.4) is 0 Å². The lowest BCUT2D eigenvalue weighted by atomic mass is 10.2. The molecule has 0 aliphatic heterocycles. The molecule has 1 aromatic rings. The molecule has 0 amide bonds. The van der Waals surface area contributed by atoms with Crippen LogP contribution in [0, 0.1) is 0 Å². The maximum absolute atomic E-state index is 11.2. The molecule has 0 aromatic heterocycles. The third-order valence-electron chi connectivity index (χ3n) is 1.30. The smallest absolute Gasteiger partial charge is 0.339 e. The molecule has 1 atom stereocenters. The van der Waals surface area contributed by atoms with E-state index in [0.717, 1.165) is 0 Å². The van der Waals surface area contributed by atoms with E-state index in [1.807, 2.05) is 6.07 Å². The van der Waals surface area contributed by atoms with Crippen LogP contribution in [0.2, 0.25) is 0 Å². The Morgan fingerprint density at radius 1 is 1.38 bits per heavy atom. The van der Waals surface area contributed by atoms with Crippen LogP contribution < -0.4 is 5.73 Å². The lowest BCUT2D eigenvalue weighted by Gasteiger charge is -2.06. The number of carbonyl (C=O) groups is 1. The van der Waals surface area contributed by atoms with Gasteiger partial charge in [0.15, 0.2) is 0 Å². The number of halogens is 1. The predicted molar refractivity (Wildman–Crippen MR) is 52.8 cm³/mol. The number of hydrogen-bond donors (Lipinski definition) is 1. The van der Waals surface area contributed by atoms with E-state index in [0.29, 0.717) is 5.56 Å². The monoisotopic (exact) mass is 201 g/mol. The van der Waals surface area contributed by atoms with Crippen molar-refractivity contribution in [3.63, 3.8) is 0 Å². The van der Waals surface area contributed by atoms with Gasteiger partial charge in [0.05, 0.1) is 5.56 Å². The van der Waals surface area contributed by atoms with Gasteiger partial charge in [0.1, 0.15) is 6.23 Å². The van der Waals surface area contributed by atoms with E-state index in [9.17, 15) is 4.79 Å². The first-order valence-electron chi connectivity index (χ1n) is 3.72. The summed E-state index contributed by atoms with van der Waals surface area (Å²) in [5, 5.41) is 0. The van der Waals surface area contributed by atoms with Gasteiger partial charge in [0.25, 0.3) is 0 Å². The van der Waals surface area contributed by atoms with Crippen molar-refractivity contribution in [3.05, 3.63) is 35.9 Å². The molecule has 0 bridgehead atoms. The molecule has 72 valence electrons. The third kappa shape index (κ3) is 3.92. The second-order valence-electron chi connectivity index (χ2n) is 2.48. The second kappa shape index (κ2) is 5.56. The van der Waals surface area contributed by atoms with Crippen LogP contribution >= 0.6 is 12.4 Å². The number of esters is 1. The predicted octanol–water partition coefficient (Wildman–Crippen LogP) is 1.57. The van der Waals surface area contributed by atoms with Crippen LogP contribution in [0.15, 0.2) is 30.3 Å². The molecule has 0 fully saturated rings. The normalized spacial score (nSPS) is 11.2. The fraction of sp³-hybridized carbons (Fsp3) is 0.222. The lowest BCUT2D eigenvalue weighted by Crippen LogP contribution is -2.23. The summed E-state index contributed by atoms with van der Waals surface area (Å²) in [7, 11) is 0. The van der Waals surface area contributed by atoms with Gasteiger partial charge in [-0.2, -0.15) is 0 Å². The van der Waals surface area contributed by atoms with Crippen molar-refractivity contribution >= 4 is 18.4 Å². The van der Waals surface area contributed by atoms with E-state index in [2.05, 4.69) is 0 Å². The molecule has 2 N–H and O–H groups in total. The molecule has 13 heavy (non-hydrogen) atoms. The highest BCUT2D eigenvalue weighted by molar-refractivity contribution is 5.89. The average Bonchev–Trinajstić information content (AvgIpc) is 2.05. The highest BCUT2D eigenvalue weighted by atomic mass is 35.5. The van der Waals surface area contributed by atoms with E-state index in [1.165, 1.54) is 0 Å². The summed E-state index contributed by atoms with van der Waals surface area (Å²) in [6, 6.07) is 8.76. The number of rotatable bonds is 2. The summed E-state index contributed by atoms with van der Waals surface area (Å²) >= 11 is 0. The van der Waals surface area contributed by atoms with Crippen molar-refractivity contribution in [2.75, 3.05) is 0 Å². The zero-order valence-electron chi connectivity index (χ0n) is 7.27. The Balaban J connectivity index is 0.00000144. The van der Waals surface area contributed by atoms with Crippen LogP contribution in [0.1, 0.15) is 17.3 Å². The SMILES string of the molecule is C[C@@H](N)OC(=O)c1ccccc1.Cl. The standard InChI is InChI=1S/C9H11NO2.ClH/c1-7(10)12-9(11)8-5-3-2-4-6-8;/h2-7H,10H2,1H3;1H/t7-;/m0./s1. The van der Waals surface area contributed by atoms with Crippen molar-refractivity contribution < 1.29 is 9.53 Å². The molecule has 0 saturated heterocycles. The first-order valence-corrected chi connectivity index (χ1v) is 3.72. The first kappa shape index (κ1) is 11.9. The number of carbonyl (C=O) groups excluding carboxylic acids is 1. The van der Waals surface area contributed by atoms with Crippen molar-refractivity contribution in [1.82, 2.24) is 0 Å². The Morgan fingerprint density at radius 2 is 1.92 bits per heavy atom. The van der Waals surface area contributed by atoms with Gasteiger partial charge >= 0.3 is 5.97 Å². The van der Waals surface area contributed by atoms with Gasteiger partial charge in [0, 0.05) is 0 Å². The fourth-order valence-corrected chi connectivity index (χ4v) is 0.811. The molecule has 0 unspecified atom stereocenters. The maximum atomic E-state index is 11.2. The van der Waals surface area contributed by atoms with Crippen LogP contribution in [0.5, 0.6) is 0 Å². The largest absolute Gasteiger partial charge is 0.444 e. The first-order chi connectivity index (χ1) is 5.70. The molecule has 1 aromatic carbocycles. The van der Waals surface area contributed by atoms with Crippen LogP contribution in [-0.4, -0.2) is 12.2 Å².